The van der Waals surface area contributed by atoms with Crippen LogP contribution in [0, 0.1) is 0 Å². The van der Waals surface area contributed by atoms with Gasteiger partial charge >= 0.3 is 5.97 Å². The Balaban J connectivity index is 2.09. The Labute approximate surface area is 124 Å². The van der Waals surface area contributed by atoms with Gasteiger partial charge in [-0.15, -0.1) is 0 Å². The highest BCUT2D eigenvalue weighted by Crippen LogP contribution is 2.26. The molecule has 1 fully saturated rings. The summed E-state index contributed by atoms with van der Waals surface area (Å²) in [5.74, 6) is -0.352. The number of rotatable bonds is 7. The van der Waals surface area contributed by atoms with Crippen molar-refractivity contribution in [2.75, 3.05) is 11.4 Å². The zero-order valence-corrected chi connectivity index (χ0v) is 12.2. The van der Waals surface area contributed by atoms with E-state index in [-0.39, 0.29) is 5.91 Å². The Kier molecular flexibility index (Phi) is 5.20. The van der Waals surface area contributed by atoms with Crippen LogP contribution in [0.25, 0.3) is 0 Å². The lowest BCUT2D eigenvalue weighted by Crippen LogP contribution is -2.27. The van der Waals surface area contributed by atoms with Crippen molar-refractivity contribution in [3.63, 3.8) is 0 Å². The molecule has 1 aliphatic heterocycles. The molecule has 1 amide bonds. The predicted octanol–water partition coefficient (Wildman–Crippen LogP) is 2.84. The summed E-state index contributed by atoms with van der Waals surface area (Å²) in [7, 11) is 0. The van der Waals surface area contributed by atoms with Gasteiger partial charge in [0.2, 0.25) is 5.91 Å². The van der Waals surface area contributed by atoms with Crippen LogP contribution in [0.5, 0.6) is 5.75 Å². The van der Waals surface area contributed by atoms with E-state index in [0.717, 1.165) is 24.9 Å². The lowest BCUT2D eigenvalue weighted by molar-refractivity contribution is -0.145. The summed E-state index contributed by atoms with van der Waals surface area (Å²) in [5, 5.41) is 9.19. The third kappa shape index (κ3) is 3.97. The molecule has 1 N–H and O–H groups in total. The number of ether oxygens (including phenoxy) is 1. The average Bonchev–Trinajstić information content (AvgIpc) is 2.89. The minimum atomic E-state index is -0.953. The van der Waals surface area contributed by atoms with Crippen LogP contribution in [0.2, 0.25) is 0 Å². The summed E-state index contributed by atoms with van der Waals surface area (Å²) in [6, 6.07) is 7.10. The molecule has 1 heterocycles. The van der Waals surface area contributed by atoms with Crippen molar-refractivity contribution in [1.82, 2.24) is 0 Å². The SMILES string of the molecule is CCCCC(Oc1cccc(N2CCCC2=O)c1)C(=O)O. The Bertz CT molecular complexity index is 515. The van der Waals surface area contributed by atoms with Crippen LogP contribution in [-0.2, 0) is 9.59 Å². The quantitative estimate of drug-likeness (QED) is 0.839. The van der Waals surface area contributed by atoms with E-state index in [4.69, 9.17) is 4.74 Å². The van der Waals surface area contributed by atoms with Gasteiger partial charge in [-0.25, -0.2) is 4.79 Å². The number of carbonyl (C=O) groups excluding carboxylic acids is 1. The number of anilines is 1. The molecule has 2 rings (SSSR count). The molecule has 1 aliphatic rings. The Morgan fingerprint density at radius 1 is 1.48 bits per heavy atom. The molecule has 5 heteroatoms. The highest BCUT2D eigenvalue weighted by molar-refractivity contribution is 5.95. The molecule has 1 aromatic carbocycles. The number of unbranched alkanes of at least 4 members (excludes halogenated alkanes) is 1. The van der Waals surface area contributed by atoms with Gasteiger partial charge in [0.05, 0.1) is 0 Å². The van der Waals surface area contributed by atoms with Crippen LogP contribution in [-0.4, -0.2) is 29.6 Å². The van der Waals surface area contributed by atoms with Crippen molar-refractivity contribution in [2.24, 2.45) is 0 Å². The number of amides is 1. The number of hydrogen-bond acceptors (Lipinski definition) is 3. The molecule has 1 aromatic rings. The maximum absolute atomic E-state index is 11.7. The fraction of sp³-hybridized carbons (Fsp3) is 0.500. The van der Waals surface area contributed by atoms with Crippen molar-refractivity contribution in [2.45, 2.75) is 45.1 Å². The van der Waals surface area contributed by atoms with Gasteiger partial charge < -0.3 is 14.7 Å². The molecular weight excluding hydrogens is 270 g/mol. The molecule has 114 valence electrons. The first kappa shape index (κ1) is 15.4. The number of carboxylic acid groups (broad SMARTS) is 1. The molecule has 0 aliphatic carbocycles. The van der Waals surface area contributed by atoms with Crippen LogP contribution < -0.4 is 9.64 Å². The van der Waals surface area contributed by atoms with E-state index in [1.165, 1.54) is 0 Å². The van der Waals surface area contributed by atoms with Crippen molar-refractivity contribution in [3.8, 4) is 5.75 Å². The summed E-state index contributed by atoms with van der Waals surface area (Å²) in [6.07, 6.45) is 2.81. The summed E-state index contributed by atoms with van der Waals surface area (Å²) >= 11 is 0. The molecule has 1 saturated heterocycles. The van der Waals surface area contributed by atoms with Crippen LogP contribution in [0.4, 0.5) is 5.69 Å². The zero-order chi connectivity index (χ0) is 15.2. The third-order valence-corrected chi connectivity index (χ3v) is 3.58. The number of carbonyl (C=O) groups is 2. The highest BCUT2D eigenvalue weighted by Gasteiger charge is 2.23. The lowest BCUT2D eigenvalue weighted by Gasteiger charge is -2.19. The molecule has 21 heavy (non-hydrogen) atoms. The van der Waals surface area contributed by atoms with Gasteiger partial charge in [0.1, 0.15) is 5.75 Å². The van der Waals surface area contributed by atoms with E-state index >= 15 is 0 Å². The van der Waals surface area contributed by atoms with Gasteiger partial charge in [-0.1, -0.05) is 19.4 Å². The fourth-order valence-corrected chi connectivity index (χ4v) is 2.43. The van der Waals surface area contributed by atoms with Gasteiger partial charge in [-0.05, 0) is 31.4 Å². The lowest BCUT2D eigenvalue weighted by atomic mass is 10.1. The van der Waals surface area contributed by atoms with E-state index in [0.29, 0.717) is 25.1 Å². The Morgan fingerprint density at radius 2 is 2.29 bits per heavy atom. The van der Waals surface area contributed by atoms with Gasteiger partial charge in [0, 0.05) is 24.7 Å². The molecular formula is C16H21NO4. The normalized spacial score (nSPS) is 16.0. The fourth-order valence-electron chi connectivity index (χ4n) is 2.43. The number of carboxylic acids is 1. The summed E-state index contributed by atoms with van der Waals surface area (Å²) in [6.45, 7) is 2.72. The Morgan fingerprint density at radius 3 is 2.90 bits per heavy atom. The molecule has 0 spiro atoms. The molecule has 1 unspecified atom stereocenters. The smallest absolute Gasteiger partial charge is 0.344 e. The van der Waals surface area contributed by atoms with Crippen LogP contribution in [0.1, 0.15) is 39.0 Å². The van der Waals surface area contributed by atoms with Crippen molar-refractivity contribution in [3.05, 3.63) is 24.3 Å². The molecule has 0 saturated carbocycles. The monoisotopic (exact) mass is 291 g/mol. The predicted molar refractivity (Wildman–Crippen MR) is 79.6 cm³/mol. The highest BCUT2D eigenvalue weighted by atomic mass is 16.5. The maximum Gasteiger partial charge on any atom is 0.344 e. The Hall–Kier alpha value is -2.04. The molecule has 5 nitrogen and oxygen atoms in total. The maximum atomic E-state index is 11.7. The summed E-state index contributed by atoms with van der Waals surface area (Å²) < 4.78 is 5.58. The second-order valence-corrected chi connectivity index (χ2v) is 5.23. The standard InChI is InChI=1S/C16H21NO4/c1-2-3-8-14(16(19)20)21-13-7-4-6-12(11-13)17-10-5-9-15(17)18/h4,6-7,11,14H,2-3,5,8-10H2,1H3,(H,19,20). The average molecular weight is 291 g/mol. The first-order valence-corrected chi connectivity index (χ1v) is 7.41. The van der Waals surface area contributed by atoms with Gasteiger partial charge in [0.15, 0.2) is 6.10 Å². The summed E-state index contributed by atoms with van der Waals surface area (Å²) in [5.41, 5.74) is 0.773. The minimum Gasteiger partial charge on any atom is -0.479 e. The zero-order valence-electron chi connectivity index (χ0n) is 12.2. The van der Waals surface area contributed by atoms with Crippen molar-refractivity contribution in [1.29, 1.82) is 0 Å². The minimum absolute atomic E-state index is 0.105. The topological polar surface area (TPSA) is 66.8 Å². The second-order valence-electron chi connectivity index (χ2n) is 5.23. The molecule has 1 atom stereocenters. The first-order valence-electron chi connectivity index (χ1n) is 7.41. The molecule has 0 aromatic heterocycles. The molecule has 0 radical (unpaired) electrons. The van der Waals surface area contributed by atoms with Crippen LogP contribution >= 0.6 is 0 Å². The molecule has 0 bridgehead atoms. The number of hydrogen-bond donors (Lipinski definition) is 1. The summed E-state index contributed by atoms with van der Waals surface area (Å²) in [4.78, 5) is 24.7. The van der Waals surface area contributed by atoms with E-state index in [9.17, 15) is 14.7 Å². The third-order valence-electron chi connectivity index (χ3n) is 3.58. The van der Waals surface area contributed by atoms with Crippen LogP contribution in [0.3, 0.4) is 0 Å². The largest absolute Gasteiger partial charge is 0.479 e. The van der Waals surface area contributed by atoms with Crippen molar-refractivity contribution >= 4 is 17.6 Å². The van der Waals surface area contributed by atoms with E-state index in [1.54, 1.807) is 23.1 Å². The van der Waals surface area contributed by atoms with Gasteiger partial charge in [-0.2, -0.15) is 0 Å². The second kappa shape index (κ2) is 7.11. The van der Waals surface area contributed by atoms with E-state index in [2.05, 4.69) is 0 Å². The van der Waals surface area contributed by atoms with Crippen molar-refractivity contribution < 1.29 is 19.4 Å². The first-order chi connectivity index (χ1) is 10.1. The number of nitrogens with zero attached hydrogens (tertiary/aromatic N) is 1. The van der Waals surface area contributed by atoms with E-state index in [1.807, 2.05) is 13.0 Å². The number of aliphatic carboxylic acids is 1. The van der Waals surface area contributed by atoms with Crippen LogP contribution in [0.15, 0.2) is 24.3 Å². The van der Waals surface area contributed by atoms with E-state index < -0.39 is 12.1 Å². The van der Waals surface area contributed by atoms with Gasteiger partial charge in [0.25, 0.3) is 0 Å². The number of benzene rings is 1. The van der Waals surface area contributed by atoms with Gasteiger partial charge in [-0.3, -0.25) is 4.79 Å².